The van der Waals surface area contributed by atoms with Crippen molar-refractivity contribution < 1.29 is 0 Å². The van der Waals surface area contributed by atoms with Crippen LogP contribution in [0.1, 0.15) is 24.4 Å². The molecule has 0 spiro atoms. The van der Waals surface area contributed by atoms with E-state index in [9.17, 15) is 0 Å². The van der Waals surface area contributed by atoms with E-state index in [1.165, 1.54) is 18.4 Å². The molecule has 3 rings (SSSR count). The summed E-state index contributed by atoms with van der Waals surface area (Å²) in [6.07, 6.45) is 2.49. The van der Waals surface area contributed by atoms with Gasteiger partial charge in [-0.25, -0.2) is 4.68 Å². The van der Waals surface area contributed by atoms with E-state index in [4.69, 9.17) is 0 Å². The van der Waals surface area contributed by atoms with Gasteiger partial charge < -0.3 is 0 Å². The first-order valence-corrected chi connectivity index (χ1v) is 5.56. The minimum Gasteiger partial charge on any atom is -0.242 e. The molecular weight excluding hydrogens is 242 g/mol. The normalized spacial score (nSPS) is 16.4. The zero-order valence-electron chi connectivity index (χ0n) is 7.87. The number of hydrogen-bond acceptors (Lipinski definition) is 2. The number of aromatic nitrogens is 3. The second-order valence-electron chi connectivity index (χ2n) is 3.81. The van der Waals surface area contributed by atoms with Gasteiger partial charge in [-0.1, -0.05) is 21.1 Å². The Morgan fingerprint density at radius 1 is 1.43 bits per heavy atom. The average Bonchev–Trinajstić information content (AvgIpc) is 2.93. The van der Waals surface area contributed by atoms with Crippen molar-refractivity contribution in [3.05, 3.63) is 22.2 Å². The van der Waals surface area contributed by atoms with Crippen LogP contribution in [0.25, 0.3) is 11.0 Å². The molecule has 2 aromatic rings. The van der Waals surface area contributed by atoms with Gasteiger partial charge in [-0.05, 0) is 37.5 Å². The van der Waals surface area contributed by atoms with E-state index in [1.807, 2.05) is 0 Å². The molecule has 0 aliphatic heterocycles. The molecule has 3 nitrogen and oxygen atoms in total. The smallest absolute Gasteiger partial charge is 0.117 e. The van der Waals surface area contributed by atoms with Crippen LogP contribution in [0.4, 0.5) is 0 Å². The zero-order valence-corrected chi connectivity index (χ0v) is 9.45. The van der Waals surface area contributed by atoms with E-state index >= 15 is 0 Å². The summed E-state index contributed by atoms with van der Waals surface area (Å²) in [5.74, 6) is 0. The number of halogens is 1. The minimum absolute atomic E-state index is 0.598. The molecule has 1 aromatic heterocycles. The summed E-state index contributed by atoms with van der Waals surface area (Å²) in [5.41, 5.74) is 3.36. The van der Waals surface area contributed by atoms with Crippen LogP contribution < -0.4 is 0 Å². The molecule has 1 saturated carbocycles. The lowest BCUT2D eigenvalue weighted by atomic mass is 10.2. The van der Waals surface area contributed by atoms with Crippen LogP contribution in [0.15, 0.2) is 16.6 Å². The van der Waals surface area contributed by atoms with Gasteiger partial charge in [0.15, 0.2) is 0 Å². The molecule has 14 heavy (non-hydrogen) atoms. The fraction of sp³-hybridized carbons (Fsp3) is 0.400. The second-order valence-corrected chi connectivity index (χ2v) is 4.66. The van der Waals surface area contributed by atoms with Crippen molar-refractivity contribution in [3.63, 3.8) is 0 Å². The summed E-state index contributed by atoms with van der Waals surface area (Å²) < 4.78 is 3.15. The fourth-order valence-electron chi connectivity index (χ4n) is 1.70. The maximum absolute atomic E-state index is 4.22. The fourth-order valence-corrected chi connectivity index (χ4v) is 2.02. The minimum atomic E-state index is 0.598. The molecule has 0 atom stereocenters. The van der Waals surface area contributed by atoms with Crippen LogP contribution in [0.5, 0.6) is 0 Å². The van der Waals surface area contributed by atoms with E-state index in [-0.39, 0.29) is 0 Å². The monoisotopic (exact) mass is 251 g/mol. The quantitative estimate of drug-likeness (QED) is 0.781. The predicted molar refractivity (Wildman–Crippen MR) is 58.2 cm³/mol. The van der Waals surface area contributed by atoms with Crippen molar-refractivity contribution in [2.75, 3.05) is 0 Å². The molecule has 72 valence electrons. The largest absolute Gasteiger partial charge is 0.242 e. The topological polar surface area (TPSA) is 30.7 Å². The number of rotatable bonds is 1. The Hall–Kier alpha value is -0.900. The summed E-state index contributed by atoms with van der Waals surface area (Å²) in [7, 11) is 0. The first-order valence-electron chi connectivity index (χ1n) is 4.77. The van der Waals surface area contributed by atoms with E-state index in [0.717, 1.165) is 15.5 Å². The molecule has 1 aromatic carbocycles. The summed E-state index contributed by atoms with van der Waals surface area (Å²) >= 11 is 3.50. The van der Waals surface area contributed by atoms with Gasteiger partial charge in [-0.15, -0.1) is 5.10 Å². The summed E-state index contributed by atoms with van der Waals surface area (Å²) in [6, 6.07) is 4.76. The Kier molecular flexibility index (Phi) is 1.68. The summed E-state index contributed by atoms with van der Waals surface area (Å²) in [4.78, 5) is 0. The van der Waals surface area contributed by atoms with Crippen LogP contribution in [-0.4, -0.2) is 15.0 Å². The average molecular weight is 252 g/mol. The highest BCUT2D eigenvalue weighted by Crippen LogP contribution is 2.37. The van der Waals surface area contributed by atoms with Gasteiger partial charge in [0.05, 0.1) is 11.6 Å². The highest BCUT2D eigenvalue weighted by molar-refractivity contribution is 9.10. The summed E-state index contributed by atoms with van der Waals surface area (Å²) in [6.45, 7) is 2.07. The van der Waals surface area contributed by atoms with Crippen LogP contribution in [-0.2, 0) is 0 Å². The van der Waals surface area contributed by atoms with Crippen LogP contribution in [0, 0.1) is 6.92 Å². The number of nitrogens with zero attached hydrogens (tertiary/aromatic N) is 3. The van der Waals surface area contributed by atoms with Gasteiger partial charge in [0.2, 0.25) is 0 Å². The van der Waals surface area contributed by atoms with Gasteiger partial charge in [0, 0.05) is 4.47 Å². The van der Waals surface area contributed by atoms with Crippen LogP contribution >= 0.6 is 15.9 Å². The molecule has 0 unspecified atom stereocenters. The lowest BCUT2D eigenvalue weighted by Crippen LogP contribution is -1.95. The lowest BCUT2D eigenvalue weighted by molar-refractivity contribution is 0.630. The van der Waals surface area contributed by atoms with Crippen molar-refractivity contribution in [3.8, 4) is 0 Å². The van der Waals surface area contributed by atoms with E-state index in [2.05, 4.69) is 50.0 Å². The molecule has 4 heteroatoms. The van der Waals surface area contributed by atoms with Gasteiger partial charge in [-0.3, -0.25) is 0 Å². The van der Waals surface area contributed by atoms with Crippen molar-refractivity contribution in [2.45, 2.75) is 25.8 Å². The third kappa shape index (κ3) is 1.10. The Morgan fingerprint density at radius 3 is 2.93 bits per heavy atom. The Labute approximate surface area is 90.2 Å². The predicted octanol–water partition coefficient (Wildman–Crippen LogP) is 2.84. The van der Waals surface area contributed by atoms with Crippen molar-refractivity contribution in [2.24, 2.45) is 0 Å². The third-order valence-corrected chi connectivity index (χ3v) is 3.58. The highest BCUT2D eigenvalue weighted by atomic mass is 79.9. The molecule has 0 bridgehead atoms. The molecule has 0 N–H and O–H groups in total. The lowest BCUT2D eigenvalue weighted by Gasteiger charge is -2.00. The van der Waals surface area contributed by atoms with E-state index in [1.54, 1.807) is 0 Å². The molecule has 0 amide bonds. The van der Waals surface area contributed by atoms with Crippen LogP contribution in [0.3, 0.4) is 0 Å². The molecule has 1 aliphatic carbocycles. The molecular formula is C10H10BrN3. The second kappa shape index (κ2) is 2.79. The van der Waals surface area contributed by atoms with Crippen molar-refractivity contribution in [1.29, 1.82) is 0 Å². The number of aryl methyl sites for hydroxylation is 1. The Morgan fingerprint density at radius 2 is 2.21 bits per heavy atom. The number of hydrogen-bond donors (Lipinski definition) is 0. The highest BCUT2D eigenvalue weighted by Gasteiger charge is 2.26. The summed E-state index contributed by atoms with van der Waals surface area (Å²) in [5, 5.41) is 8.43. The Balaban J connectivity index is 2.31. The van der Waals surface area contributed by atoms with Crippen molar-refractivity contribution in [1.82, 2.24) is 15.0 Å². The van der Waals surface area contributed by atoms with E-state index in [0.29, 0.717) is 6.04 Å². The van der Waals surface area contributed by atoms with Crippen LogP contribution in [0.2, 0.25) is 0 Å². The number of benzene rings is 1. The van der Waals surface area contributed by atoms with Gasteiger partial charge in [-0.2, -0.15) is 0 Å². The standard InChI is InChI=1S/C10H10BrN3/c1-6-8(11)4-5-9-10(6)12-13-14(9)7-2-3-7/h4-5,7H,2-3H2,1H3. The van der Waals surface area contributed by atoms with Crippen molar-refractivity contribution >= 4 is 27.0 Å². The first kappa shape index (κ1) is 8.41. The van der Waals surface area contributed by atoms with Gasteiger partial charge >= 0.3 is 0 Å². The van der Waals surface area contributed by atoms with Gasteiger partial charge in [0.25, 0.3) is 0 Å². The maximum atomic E-state index is 4.22. The molecule has 1 heterocycles. The molecule has 0 saturated heterocycles. The first-order chi connectivity index (χ1) is 6.77. The van der Waals surface area contributed by atoms with Gasteiger partial charge in [0.1, 0.15) is 5.52 Å². The van der Waals surface area contributed by atoms with E-state index < -0.39 is 0 Å². The molecule has 1 fully saturated rings. The SMILES string of the molecule is Cc1c(Br)ccc2c1nnn2C1CC1. The molecule has 1 aliphatic rings. The number of fused-ring (bicyclic) bond motifs is 1. The third-order valence-electron chi connectivity index (χ3n) is 2.72. The maximum Gasteiger partial charge on any atom is 0.117 e. The molecule has 0 radical (unpaired) electrons. The zero-order chi connectivity index (χ0) is 9.71. The Bertz CT molecular complexity index is 499.